The summed E-state index contributed by atoms with van der Waals surface area (Å²) < 4.78 is 1.96. The van der Waals surface area contributed by atoms with Crippen molar-refractivity contribution in [2.45, 2.75) is 9.92 Å². The molecular weight excluding hydrogens is 366 g/mol. The van der Waals surface area contributed by atoms with E-state index in [-0.39, 0.29) is 0 Å². The molecule has 2 aromatic rings. The minimum absolute atomic E-state index is 0.618. The van der Waals surface area contributed by atoms with Gasteiger partial charge in [0.15, 0.2) is 0 Å². The molecule has 2 rings (SSSR count). The predicted molar refractivity (Wildman–Crippen MR) is 77.5 cm³/mol. The van der Waals surface area contributed by atoms with E-state index in [1.54, 1.807) is 25.0 Å². The average molecular weight is 375 g/mol. The van der Waals surface area contributed by atoms with Gasteiger partial charge in [-0.05, 0) is 40.2 Å². The molecule has 0 radical (unpaired) electrons. The van der Waals surface area contributed by atoms with E-state index in [0.717, 1.165) is 18.9 Å². The van der Waals surface area contributed by atoms with Crippen molar-refractivity contribution in [3.8, 4) is 0 Å². The number of rotatable bonds is 3. The second kappa shape index (κ2) is 5.84. The Bertz CT molecular complexity index is 517. The van der Waals surface area contributed by atoms with Crippen LogP contribution in [-0.2, 0) is 0 Å². The van der Waals surface area contributed by atoms with Gasteiger partial charge in [0.25, 0.3) is 0 Å². The lowest BCUT2D eigenvalue weighted by Gasteiger charge is -2.05. The zero-order valence-corrected chi connectivity index (χ0v) is 12.9. The van der Waals surface area contributed by atoms with Crippen molar-refractivity contribution in [3.05, 3.63) is 39.4 Å². The van der Waals surface area contributed by atoms with Gasteiger partial charge in [0, 0.05) is 22.6 Å². The molecule has 1 heterocycles. The Morgan fingerprint density at radius 3 is 2.53 bits per heavy atom. The SMILES string of the molecule is CNc1ncc(Br)c(Sc2ccc(Br)cc2)n1. The first kappa shape index (κ1) is 12.9. The van der Waals surface area contributed by atoms with Crippen LogP contribution in [0.2, 0.25) is 0 Å². The molecule has 0 saturated heterocycles. The van der Waals surface area contributed by atoms with E-state index in [9.17, 15) is 0 Å². The van der Waals surface area contributed by atoms with Crippen LogP contribution in [0.5, 0.6) is 0 Å². The lowest BCUT2D eigenvalue weighted by Crippen LogP contribution is -1.97. The number of nitrogens with zero attached hydrogens (tertiary/aromatic N) is 2. The molecule has 6 heteroatoms. The number of nitrogens with one attached hydrogen (secondary N) is 1. The van der Waals surface area contributed by atoms with E-state index in [1.807, 2.05) is 24.3 Å². The predicted octanol–water partition coefficient (Wildman–Crippen LogP) is 4.19. The molecule has 0 spiro atoms. The molecule has 0 aliphatic rings. The van der Waals surface area contributed by atoms with Crippen LogP contribution in [0.1, 0.15) is 0 Å². The van der Waals surface area contributed by atoms with Gasteiger partial charge >= 0.3 is 0 Å². The fourth-order valence-electron chi connectivity index (χ4n) is 1.16. The molecule has 0 saturated carbocycles. The zero-order valence-electron chi connectivity index (χ0n) is 8.95. The number of anilines is 1. The fourth-order valence-corrected chi connectivity index (χ4v) is 2.63. The van der Waals surface area contributed by atoms with Crippen molar-refractivity contribution in [2.75, 3.05) is 12.4 Å². The summed E-state index contributed by atoms with van der Waals surface area (Å²) >= 11 is 8.46. The first-order valence-electron chi connectivity index (χ1n) is 4.83. The molecule has 0 fully saturated rings. The van der Waals surface area contributed by atoms with Crippen molar-refractivity contribution in [1.29, 1.82) is 0 Å². The molecule has 0 aliphatic heterocycles. The molecule has 1 N–H and O–H groups in total. The van der Waals surface area contributed by atoms with Crippen LogP contribution < -0.4 is 5.32 Å². The van der Waals surface area contributed by atoms with Gasteiger partial charge in [0.2, 0.25) is 5.95 Å². The molecule has 0 unspecified atom stereocenters. The summed E-state index contributed by atoms with van der Waals surface area (Å²) in [6.07, 6.45) is 1.75. The Morgan fingerprint density at radius 2 is 1.88 bits per heavy atom. The Balaban J connectivity index is 2.25. The van der Waals surface area contributed by atoms with Crippen molar-refractivity contribution in [3.63, 3.8) is 0 Å². The quantitative estimate of drug-likeness (QED) is 0.817. The normalized spacial score (nSPS) is 10.3. The zero-order chi connectivity index (χ0) is 12.3. The van der Waals surface area contributed by atoms with E-state index in [1.165, 1.54) is 0 Å². The van der Waals surface area contributed by atoms with Gasteiger partial charge in [-0.1, -0.05) is 27.7 Å². The fraction of sp³-hybridized carbons (Fsp3) is 0.0909. The second-order valence-corrected chi connectivity index (χ2v) is 5.98. The van der Waals surface area contributed by atoms with E-state index < -0.39 is 0 Å². The summed E-state index contributed by atoms with van der Waals surface area (Å²) in [7, 11) is 1.80. The van der Waals surface area contributed by atoms with E-state index in [0.29, 0.717) is 5.95 Å². The third kappa shape index (κ3) is 3.43. The summed E-state index contributed by atoms with van der Waals surface area (Å²) in [4.78, 5) is 9.65. The summed E-state index contributed by atoms with van der Waals surface area (Å²) in [5.74, 6) is 0.618. The highest BCUT2D eigenvalue weighted by Crippen LogP contribution is 2.32. The number of benzene rings is 1. The lowest BCUT2D eigenvalue weighted by molar-refractivity contribution is 1.03. The molecular formula is C11H9Br2N3S. The van der Waals surface area contributed by atoms with Crippen LogP contribution in [0, 0.1) is 0 Å². The van der Waals surface area contributed by atoms with Crippen molar-refractivity contribution >= 4 is 49.6 Å². The number of halogens is 2. The standard InChI is InChI=1S/C11H9Br2N3S/c1-14-11-15-6-9(13)10(16-11)17-8-4-2-7(12)3-5-8/h2-6H,1H3,(H,14,15,16). The van der Waals surface area contributed by atoms with Crippen molar-refractivity contribution < 1.29 is 0 Å². The van der Waals surface area contributed by atoms with E-state index in [4.69, 9.17) is 0 Å². The maximum atomic E-state index is 4.39. The summed E-state index contributed by atoms with van der Waals surface area (Å²) in [6, 6.07) is 8.11. The third-order valence-corrected chi connectivity index (χ3v) is 4.35. The van der Waals surface area contributed by atoms with Crippen LogP contribution >= 0.6 is 43.6 Å². The average Bonchev–Trinajstić information content (AvgIpc) is 2.35. The minimum Gasteiger partial charge on any atom is -0.357 e. The van der Waals surface area contributed by atoms with Gasteiger partial charge in [-0.15, -0.1) is 0 Å². The van der Waals surface area contributed by atoms with Crippen molar-refractivity contribution in [2.24, 2.45) is 0 Å². The van der Waals surface area contributed by atoms with Crippen LogP contribution in [0.4, 0.5) is 5.95 Å². The molecule has 0 aliphatic carbocycles. The van der Waals surface area contributed by atoms with Crippen LogP contribution in [0.15, 0.2) is 49.3 Å². The maximum absolute atomic E-state index is 4.39. The Morgan fingerprint density at radius 1 is 1.18 bits per heavy atom. The van der Waals surface area contributed by atoms with Crippen LogP contribution in [0.3, 0.4) is 0 Å². The summed E-state index contributed by atoms with van der Waals surface area (Å²) in [5, 5.41) is 3.82. The first-order valence-corrected chi connectivity index (χ1v) is 7.23. The van der Waals surface area contributed by atoms with Gasteiger partial charge in [0.1, 0.15) is 5.03 Å². The Labute approximate surface area is 121 Å². The van der Waals surface area contributed by atoms with Gasteiger partial charge < -0.3 is 5.32 Å². The summed E-state index contributed by atoms with van der Waals surface area (Å²) in [6.45, 7) is 0. The number of hydrogen-bond donors (Lipinski definition) is 1. The largest absolute Gasteiger partial charge is 0.357 e. The molecule has 3 nitrogen and oxygen atoms in total. The molecule has 0 amide bonds. The van der Waals surface area contributed by atoms with Gasteiger partial charge in [-0.2, -0.15) is 0 Å². The monoisotopic (exact) mass is 373 g/mol. The highest BCUT2D eigenvalue weighted by atomic mass is 79.9. The van der Waals surface area contributed by atoms with Crippen LogP contribution in [-0.4, -0.2) is 17.0 Å². The lowest BCUT2D eigenvalue weighted by atomic mass is 10.4. The smallest absolute Gasteiger partial charge is 0.223 e. The summed E-state index contributed by atoms with van der Waals surface area (Å²) in [5.41, 5.74) is 0. The Kier molecular flexibility index (Phi) is 4.42. The van der Waals surface area contributed by atoms with Gasteiger partial charge in [-0.25, -0.2) is 9.97 Å². The minimum atomic E-state index is 0.618. The van der Waals surface area contributed by atoms with E-state index in [2.05, 4.69) is 47.1 Å². The van der Waals surface area contributed by atoms with Crippen molar-refractivity contribution in [1.82, 2.24) is 9.97 Å². The van der Waals surface area contributed by atoms with Crippen LogP contribution in [0.25, 0.3) is 0 Å². The highest BCUT2D eigenvalue weighted by molar-refractivity contribution is 9.10. The van der Waals surface area contributed by atoms with Gasteiger partial charge in [-0.3, -0.25) is 0 Å². The molecule has 17 heavy (non-hydrogen) atoms. The third-order valence-electron chi connectivity index (χ3n) is 1.96. The molecule has 88 valence electrons. The van der Waals surface area contributed by atoms with E-state index >= 15 is 0 Å². The topological polar surface area (TPSA) is 37.8 Å². The molecule has 1 aromatic carbocycles. The number of hydrogen-bond acceptors (Lipinski definition) is 4. The second-order valence-electron chi connectivity index (χ2n) is 3.15. The molecule has 0 atom stereocenters. The Hall–Kier alpha value is -0.590. The molecule has 0 bridgehead atoms. The number of aromatic nitrogens is 2. The maximum Gasteiger partial charge on any atom is 0.223 e. The van der Waals surface area contributed by atoms with Gasteiger partial charge in [0.05, 0.1) is 4.47 Å². The highest BCUT2D eigenvalue weighted by Gasteiger charge is 2.06. The first-order chi connectivity index (χ1) is 8.19. The molecule has 1 aromatic heterocycles.